The quantitative estimate of drug-likeness (QED) is 0.0952. The van der Waals surface area contributed by atoms with Crippen LogP contribution in [0.4, 0.5) is 35.1 Å². The van der Waals surface area contributed by atoms with E-state index in [0.717, 1.165) is 148 Å². The van der Waals surface area contributed by atoms with Crippen molar-refractivity contribution in [1.29, 1.82) is 0 Å². The fourth-order valence-electron chi connectivity index (χ4n) is 19.8. The summed E-state index contributed by atoms with van der Waals surface area (Å²) in [7, 11) is 3.55. The molecule has 15 rings (SSSR count). The lowest BCUT2D eigenvalue weighted by atomic mass is 9.69. The van der Waals surface area contributed by atoms with Crippen LogP contribution < -0.4 is 37.9 Å². The number of hydrogen-bond acceptors (Lipinski definition) is 10. The Morgan fingerprint density at radius 2 is 0.463 bits per heavy atom. The minimum absolute atomic E-state index is 0. The molecule has 4 aromatic rings. The van der Waals surface area contributed by atoms with Gasteiger partial charge in [0.15, 0.2) is 46.0 Å². The van der Waals surface area contributed by atoms with Crippen molar-refractivity contribution in [2.75, 3.05) is 40.6 Å². The minimum atomic E-state index is -0.941. The van der Waals surface area contributed by atoms with E-state index in [9.17, 15) is 35.1 Å². The molecule has 0 amide bonds. The molecule has 4 aliphatic heterocycles. The lowest BCUT2D eigenvalue weighted by Gasteiger charge is -2.37. The molecule has 4 aromatic carbocycles. The summed E-state index contributed by atoms with van der Waals surface area (Å²) >= 11 is 0. The van der Waals surface area contributed by atoms with Gasteiger partial charge in [-0.3, -0.25) is 0 Å². The smallest absolute Gasteiger partial charge is 0.204 e. The Balaban J connectivity index is 0.000000269. The number of methoxy groups -OCH3 is 2. The fourth-order valence-corrected chi connectivity index (χ4v) is 19.8. The first-order chi connectivity index (χ1) is 52.1. The highest BCUT2D eigenvalue weighted by Crippen LogP contribution is 2.48. The second-order valence-electron chi connectivity index (χ2n) is 35.1. The Labute approximate surface area is 649 Å². The molecular formula is C90H140F8O10. The molecule has 4 unspecified atom stereocenters. The zero-order valence-corrected chi connectivity index (χ0v) is 66.1. The van der Waals surface area contributed by atoms with E-state index in [4.69, 9.17) is 47.4 Å². The van der Waals surface area contributed by atoms with Gasteiger partial charge in [-0.05, 0) is 328 Å². The van der Waals surface area contributed by atoms with Crippen LogP contribution in [-0.4, -0.2) is 77.3 Å². The van der Waals surface area contributed by atoms with Gasteiger partial charge in [0.05, 0.1) is 63.1 Å². The number of ether oxygens (including phenoxy) is 10. The van der Waals surface area contributed by atoms with E-state index < -0.39 is 46.5 Å². The third-order valence-corrected chi connectivity index (χ3v) is 27.3. The highest BCUT2D eigenvalue weighted by molar-refractivity contribution is 5.47. The van der Waals surface area contributed by atoms with Crippen molar-refractivity contribution in [3.63, 3.8) is 0 Å². The first-order valence-electron chi connectivity index (χ1n) is 42.4. The van der Waals surface area contributed by atoms with Crippen LogP contribution in [0.5, 0.6) is 46.0 Å². The average molecular weight is 1530 g/mol. The summed E-state index contributed by atoms with van der Waals surface area (Å²) in [6, 6.07) is 6.53. The van der Waals surface area contributed by atoms with E-state index in [0.29, 0.717) is 99.1 Å². The first-order valence-corrected chi connectivity index (χ1v) is 42.4. The molecule has 108 heavy (non-hydrogen) atoms. The average Bonchev–Trinajstić information content (AvgIpc) is 0.804. The Morgan fingerprint density at radius 1 is 0.269 bits per heavy atom. The largest absolute Gasteiger partial charge is 0.490 e. The highest BCUT2D eigenvalue weighted by atomic mass is 19.2. The van der Waals surface area contributed by atoms with Crippen molar-refractivity contribution < 1.29 is 92.5 Å². The van der Waals surface area contributed by atoms with E-state index in [1.807, 2.05) is 34.8 Å². The third-order valence-electron chi connectivity index (χ3n) is 27.3. The topological polar surface area (TPSA) is 92.3 Å². The van der Waals surface area contributed by atoms with Crippen LogP contribution >= 0.6 is 0 Å². The Bertz CT molecular complexity index is 3420. The number of aryl methyl sites for hydroxylation is 4. The molecule has 4 heterocycles. The van der Waals surface area contributed by atoms with E-state index >= 15 is 0 Å². The SMILES string of the molecule is CC1CCC(C2CCC(COc3cc4c(c(F)c3F)OC(C)CC4)CC2)CC1.CC1CCC(C2CCC(COc3cc4c(c(F)c3F)OC(C)CC4)CC2)CC1.COC1CCC(C2CCC(COc3cc4c(c(F)c3F)OC(C)CC4)CC2)CC1.COC1CCC(COc2cc3c(c(F)c2F)OC(C)CC3)CC1.[HH].[HH].[HH].[HH].[HH].[HH].[HH]. The summed E-state index contributed by atoms with van der Waals surface area (Å²) in [6.45, 7) is 14.1. The molecular weight excluding hydrogens is 1390 g/mol. The van der Waals surface area contributed by atoms with Gasteiger partial charge in [-0.1, -0.05) is 39.5 Å². The molecule has 10 nitrogen and oxygen atoms in total. The van der Waals surface area contributed by atoms with E-state index in [-0.39, 0.29) is 80.4 Å². The van der Waals surface area contributed by atoms with Crippen molar-refractivity contribution in [3.05, 3.63) is 93.1 Å². The first kappa shape index (κ1) is 82.1. The summed E-state index contributed by atoms with van der Waals surface area (Å²) in [5.41, 5.74) is 2.86. The number of halogens is 8. The van der Waals surface area contributed by atoms with Crippen molar-refractivity contribution in [2.24, 2.45) is 71.0 Å². The molecule has 0 bridgehead atoms. The molecule has 7 aliphatic carbocycles. The number of rotatable bonds is 17. The maximum Gasteiger partial charge on any atom is 0.204 e. The summed E-state index contributed by atoms with van der Waals surface area (Å²) in [4.78, 5) is 0. The van der Waals surface area contributed by atoms with E-state index in [1.54, 1.807) is 31.4 Å². The molecule has 0 aromatic heterocycles. The van der Waals surface area contributed by atoms with Crippen molar-refractivity contribution >= 4 is 0 Å². The molecule has 0 N–H and O–H groups in total. The number of benzene rings is 4. The molecule has 7 fully saturated rings. The maximum atomic E-state index is 14.4. The fraction of sp³-hybridized carbons (Fsp3) is 0.733. The van der Waals surface area contributed by atoms with Crippen LogP contribution in [-0.2, 0) is 35.2 Å². The van der Waals surface area contributed by atoms with Gasteiger partial charge < -0.3 is 47.4 Å². The van der Waals surface area contributed by atoms with Crippen LogP contribution in [0, 0.1) is 118 Å². The predicted molar refractivity (Wildman–Crippen MR) is 420 cm³/mol. The maximum absolute atomic E-state index is 14.4. The molecule has 4 atom stereocenters. The zero-order chi connectivity index (χ0) is 76.1. The van der Waals surface area contributed by atoms with Crippen LogP contribution in [0.25, 0.3) is 0 Å². The van der Waals surface area contributed by atoms with Crippen molar-refractivity contribution in [3.8, 4) is 46.0 Å². The normalized spacial score (nSPS) is 31.6. The standard InChI is InChI=1S/C24H34F2O3.2C24H34F2O2.C18H24F2O3.7H2/c1-15-3-6-19-13-21(22(25)23(26)24(19)29-15)28-14-16-4-7-17(8-5-16)18-9-11-20(27-2)12-10-18;2*1-15-3-8-18(9-4-15)19-11-6-17(7-12-19)14-27-21-13-20-10-5-16(2)28-24(20)23(26)22(21)25;1-11-3-6-13-9-15(16(19)17(20)18(13)23-11)22-10-12-4-7-14(21-2)8-5-12;;;;;;;/h13,15-18,20H,3-12,14H2,1-2H3;2*13,15-19H,3-12,14H2,1-2H3;9,11-12,14H,3-8,10H2,1-2H3;7*1H. The lowest BCUT2D eigenvalue weighted by molar-refractivity contribution is 0.0376. The van der Waals surface area contributed by atoms with Gasteiger partial charge in [0.2, 0.25) is 46.5 Å². The molecule has 11 aliphatic rings. The van der Waals surface area contributed by atoms with Gasteiger partial charge in [-0.15, -0.1) is 0 Å². The van der Waals surface area contributed by atoms with Crippen molar-refractivity contribution in [1.82, 2.24) is 0 Å². The Morgan fingerprint density at radius 3 is 0.685 bits per heavy atom. The second kappa shape index (κ2) is 38.9. The zero-order valence-electron chi connectivity index (χ0n) is 66.1. The van der Waals surface area contributed by atoms with Gasteiger partial charge >= 0.3 is 0 Å². The van der Waals surface area contributed by atoms with Gasteiger partial charge in [0, 0.05) is 46.5 Å². The number of hydrogen-bond donors (Lipinski definition) is 0. The minimum Gasteiger partial charge on any atom is -0.490 e. The Kier molecular flexibility index (Phi) is 29.6. The van der Waals surface area contributed by atoms with Crippen molar-refractivity contribution in [2.45, 2.75) is 309 Å². The summed E-state index contributed by atoms with van der Waals surface area (Å²) < 4.78 is 171. The lowest BCUT2D eigenvalue weighted by Crippen LogP contribution is -2.29. The third kappa shape index (κ3) is 21.3. The molecule has 0 saturated heterocycles. The van der Waals surface area contributed by atoms with Gasteiger partial charge in [0.1, 0.15) is 0 Å². The van der Waals surface area contributed by atoms with E-state index in [1.165, 1.54) is 116 Å². The summed E-state index contributed by atoms with van der Waals surface area (Å²) in [5, 5.41) is 0. The summed E-state index contributed by atoms with van der Waals surface area (Å²) in [5.74, 6) is 1.83. The highest BCUT2D eigenvalue weighted by Gasteiger charge is 2.37. The monoisotopic (exact) mass is 1530 g/mol. The summed E-state index contributed by atoms with van der Waals surface area (Å²) in [6.07, 6.45) is 40.9. The molecule has 0 radical (unpaired) electrons. The van der Waals surface area contributed by atoms with Crippen LogP contribution in [0.2, 0.25) is 0 Å². The molecule has 18 heteroatoms. The molecule has 0 spiro atoms. The van der Waals surface area contributed by atoms with Crippen LogP contribution in [0.1, 0.15) is 279 Å². The molecule has 7 saturated carbocycles. The van der Waals surface area contributed by atoms with Gasteiger partial charge in [-0.2, -0.15) is 35.1 Å². The number of fused-ring (bicyclic) bond motifs is 4. The Hall–Kier alpha value is -5.36. The van der Waals surface area contributed by atoms with Crippen LogP contribution in [0.3, 0.4) is 0 Å². The molecule has 616 valence electrons. The van der Waals surface area contributed by atoms with Gasteiger partial charge in [-0.25, -0.2) is 0 Å². The van der Waals surface area contributed by atoms with Gasteiger partial charge in [0.25, 0.3) is 0 Å². The predicted octanol–water partition coefficient (Wildman–Crippen LogP) is 25.4. The second-order valence-corrected chi connectivity index (χ2v) is 35.1. The van der Waals surface area contributed by atoms with E-state index in [2.05, 4.69) is 13.8 Å². The van der Waals surface area contributed by atoms with Crippen LogP contribution in [0.15, 0.2) is 24.3 Å².